The number of carboxylic acids is 1. The molecule has 1 aromatic heterocycles. The number of aliphatic carboxylic acids is 1. The summed E-state index contributed by atoms with van der Waals surface area (Å²) < 4.78 is 0. The van der Waals surface area contributed by atoms with Gasteiger partial charge in [-0.15, -0.1) is 0 Å². The molecule has 2 N–H and O–H groups in total. The first kappa shape index (κ1) is 13.8. The smallest absolute Gasteiger partial charge is 0.305 e. The minimum Gasteiger partial charge on any atom is -0.481 e. The highest BCUT2D eigenvalue weighted by atomic mass is 16.4. The molecule has 0 aliphatic heterocycles. The number of nitrogens with zero attached hydrogens (tertiary/aromatic N) is 1. The van der Waals surface area contributed by atoms with Crippen LogP contribution in [0.3, 0.4) is 0 Å². The van der Waals surface area contributed by atoms with E-state index in [0.29, 0.717) is 10.9 Å². The molecule has 6 nitrogen and oxygen atoms in total. The molecule has 0 aliphatic carbocycles. The first-order valence-electron chi connectivity index (χ1n) is 6.08. The molecular formula is C14H14N2O4. The standard InChI is InChI=1S/C14H14N2O4/c1-16(7-6-13(18)19)14(20)10-8-12(17)15-11-5-3-2-4-9(10)11/h2-5,8H,6-7H2,1H3,(H,15,17)(H,18,19). The molecule has 0 aliphatic rings. The Bertz CT molecular complexity index is 720. The molecule has 0 radical (unpaired) electrons. The second-order valence-electron chi connectivity index (χ2n) is 4.46. The number of rotatable bonds is 4. The second kappa shape index (κ2) is 5.56. The molecule has 20 heavy (non-hydrogen) atoms. The van der Waals surface area contributed by atoms with E-state index in [-0.39, 0.29) is 30.0 Å². The summed E-state index contributed by atoms with van der Waals surface area (Å²) in [7, 11) is 1.52. The Labute approximate surface area is 114 Å². The number of aromatic amines is 1. The number of para-hydroxylation sites is 1. The normalized spacial score (nSPS) is 10.4. The van der Waals surface area contributed by atoms with Crippen molar-refractivity contribution in [1.29, 1.82) is 0 Å². The highest BCUT2D eigenvalue weighted by molar-refractivity contribution is 6.05. The average molecular weight is 274 g/mol. The van der Waals surface area contributed by atoms with Gasteiger partial charge in [0, 0.05) is 30.6 Å². The van der Waals surface area contributed by atoms with Gasteiger partial charge in [-0.1, -0.05) is 18.2 Å². The third-order valence-electron chi connectivity index (χ3n) is 2.99. The molecule has 0 saturated heterocycles. The van der Waals surface area contributed by atoms with Crippen LogP contribution in [0.1, 0.15) is 16.8 Å². The highest BCUT2D eigenvalue weighted by Crippen LogP contribution is 2.16. The van der Waals surface area contributed by atoms with E-state index in [1.54, 1.807) is 24.3 Å². The number of benzene rings is 1. The molecule has 2 rings (SSSR count). The van der Waals surface area contributed by atoms with Crippen LogP contribution in [0.15, 0.2) is 35.1 Å². The van der Waals surface area contributed by atoms with Crippen LogP contribution in [-0.4, -0.2) is 40.5 Å². The van der Waals surface area contributed by atoms with Crippen molar-refractivity contribution in [2.45, 2.75) is 6.42 Å². The average Bonchev–Trinajstić information content (AvgIpc) is 2.42. The van der Waals surface area contributed by atoms with E-state index in [1.807, 2.05) is 0 Å². The van der Waals surface area contributed by atoms with Crippen molar-refractivity contribution < 1.29 is 14.7 Å². The molecular weight excluding hydrogens is 260 g/mol. The number of pyridine rings is 1. The summed E-state index contributed by atoms with van der Waals surface area (Å²) >= 11 is 0. The predicted octanol–water partition coefficient (Wildman–Crippen LogP) is 1.07. The first-order valence-corrected chi connectivity index (χ1v) is 6.08. The van der Waals surface area contributed by atoms with Crippen LogP contribution in [0.5, 0.6) is 0 Å². The molecule has 1 aromatic carbocycles. The van der Waals surface area contributed by atoms with E-state index in [4.69, 9.17) is 5.11 Å². The number of carboxylic acid groups (broad SMARTS) is 1. The fourth-order valence-corrected chi connectivity index (χ4v) is 1.95. The maximum absolute atomic E-state index is 12.3. The molecule has 0 spiro atoms. The topological polar surface area (TPSA) is 90.5 Å². The number of nitrogens with one attached hydrogen (secondary N) is 1. The Hall–Kier alpha value is -2.63. The number of carbonyl (C=O) groups is 2. The van der Waals surface area contributed by atoms with Crippen molar-refractivity contribution in [2.24, 2.45) is 0 Å². The summed E-state index contributed by atoms with van der Waals surface area (Å²) in [6.45, 7) is 0.0926. The summed E-state index contributed by atoms with van der Waals surface area (Å²) in [6, 6.07) is 8.23. The lowest BCUT2D eigenvalue weighted by molar-refractivity contribution is -0.137. The van der Waals surface area contributed by atoms with Gasteiger partial charge in [0.05, 0.1) is 12.0 Å². The molecule has 6 heteroatoms. The number of hydrogen-bond donors (Lipinski definition) is 2. The van der Waals surface area contributed by atoms with Gasteiger partial charge in [0.15, 0.2) is 0 Å². The Kier molecular flexibility index (Phi) is 3.84. The largest absolute Gasteiger partial charge is 0.481 e. The van der Waals surface area contributed by atoms with Crippen molar-refractivity contribution in [1.82, 2.24) is 9.88 Å². The number of amides is 1. The maximum atomic E-state index is 12.3. The summed E-state index contributed by atoms with van der Waals surface area (Å²) in [5.41, 5.74) is 0.492. The van der Waals surface area contributed by atoms with Gasteiger partial charge < -0.3 is 15.0 Å². The van der Waals surface area contributed by atoms with Crippen LogP contribution >= 0.6 is 0 Å². The zero-order valence-electron chi connectivity index (χ0n) is 10.9. The number of hydrogen-bond acceptors (Lipinski definition) is 3. The van der Waals surface area contributed by atoms with Gasteiger partial charge in [-0.3, -0.25) is 14.4 Å². The lowest BCUT2D eigenvalue weighted by atomic mass is 10.1. The van der Waals surface area contributed by atoms with Crippen molar-refractivity contribution in [3.63, 3.8) is 0 Å². The number of fused-ring (bicyclic) bond motifs is 1. The van der Waals surface area contributed by atoms with Crippen molar-refractivity contribution in [3.8, 4) is 0 Å². The van der Waals surface area contributed by atoms with E-state index in [9.17, 15) is 14.4 Å². The zero-order valence-corrected chi connectivity index (χ0v) is 10.9. The Morgan fingerprint density at radius 3 is 2.70 bits per heavy atom. The van der Waals surface area contributed by atoms with Gasteiger partial charge in [0.2, 0.25) is 5.56 Å². The first-order chi connectivity index (χ1) is 9.49. The van der Waals surface area contributed by atoms with E-state index in [0.717, 1.165) is 0 Å². The third kappa shape index (κ3) is 2.85. The van der Waals surface area contributed by atoms with E-state index in [2.05, 4.69) is 4.98 Å². The molecule has 0 atom stereocenters. The van der Waals surface area contributed by atoms with Gasteiger partial charge in [-0.05, 0) is 6.07 Å². The van der Waals surface area contributed by atoms with Crippen LogP contribution in [0.25, 0.3) is 10.9 Å². The van der Waals surface area contributed by atoms with Crippen molar-refractivity contribution >= 4 is 22.8 Å². The van der Waals surface area contributed by atoms with Gasteiger partial charge in [-0.25, -0.2) is 0 Å². The Morgan fingerprint density at radius 1 is 1.30 bits per heavy atom. The molecule has 0 bridgehead atoms. The quantitative estimate of drug-likeness (QED) is 0.872. The van der Waals surface area contributed by atoms with Crippen LogP contribution < -0.4 is 5.56 Å². The minimum absolute atomic E-state index is 0.0926. The number of H-pyrrole nitrogens is 1. The molecule has 0 fully saturated rings. The molecule has 0 unspecified atom stereocenters. The summed E-state index contributed by atoms with van der Waals surface area (Å²) in [4.78, 5) is 38.4. The summed E-state index contributed by atoms with van der Waals surface area (Å²) in [5.74, 6) is -1.34. The van der Waals surface area contributed by atoms with Gasteiger partial charge in [0.1, 0.15) is 0 Å². The third-order valence-corrected chi connectivity index (χ3v) is 2.99. The van der Waals surface area contributed by atoms with E-state index < -0.39 is 5.97 Å². The molecule has 104 valence electrons. The van der Waals surface area contributed by atoms with Crippen LogP contribution in [0.4, 0.5) is 0 Å². The fourth-order valence-electron chi connectivity index (χ4n) is 1.95. The van der Waals surface area contributed by atoms with Crippen LogP contribution in [0.2, 0.25) is 0 Å². The SMILES string of the molecule is CN(CCC(=O)O)C(=O)c1cc(=O)[nH]c2ccccc12. The zero-order chi connectivity index (χ0) is 14.7. The lowest BCUT2D eigenvalue weighted by Gasteiger charge is -2.17. The van der Waals surface area contributed by atoms with E-state index in [1.165, 1.54) is 18.0 Å². The summed E-state index contributed by atoms with van der Waals surface area (Å²) in [5, 5.41) is 9.28. The molecule has 1 amide bonds. The van der Waals surface area contributed by atoms with Crippen molar-refractivity contribution in [3.05, 3.63) is 46.2 Å². The lowest BCUT2D eigenvalue weighted by Crippen LogP contribution is -2.30. The fraction of sp³-hybridized carbons (Fsp3) is 0.214. The van der Waals surface area contributed by atoms with Crippen LogP contribution in [-0.2, 0) is 4.79 Å². The van der Waals surface area contributed by atoms with Crippen molar-refractivity contribution in [2.75, 3.05) is 13.6 Å². The van der Waals surface area contributed by atoms with Gasteiger partial charge in [0.25, 0.3) is 5.91 Å². The maximum Gasteiger partial charge on any atom is 0.305 e. The Morgan fingerprint density at radius 2 is 2.00 bits per heavy atom. The van der Waals surface area contributed by atoms with E-state index >= 15 is 0 Å². The highest BCUT2D eigenvalue weighted by Gasteiger charge is 2.16. The van der Waals surface area contributed by atoms with Gasteiger partial charge in [-0.2, -0.15) is 0 Å². The summed E-state index contributed by atoms with van der Waals surface area (Å²) in [6.07, 6.45) is -0.136. The molecule has 1 heterocycles. The number of aromatic nitrogens is 1. The molecule has 2 aromatic rings. The van der Waals surface area contributed by atoms with Gasteiger partial charge >= 0.3 is 5.97 Å². The minimum atomic E-state index is -0.972. The number of carbonyl (C=O) groups excluding carboxylic acids is 1. The molecule has 0 saturated carbocycles. The Balaban J connectivity index is 2.39. The van der Waals surface area contributed by atoms with Crippen LogP contribution in [0, 0.1) is 0 Å². The monoisotopic (exact) mass is 274 g/mol. The second-order valence-corrected chi connectivity index (χ2v) is 4.46. The predicted molar refractivity (Wildman–Crippen MR) is 73.8 cm³/mol.